The number of aryl methyl sites for hydroxylation is 3. The van der Waals surface area contributed by atoms with Crippen molar-refractivity contribution < 1.29 is 0 Å². The Kier molecular flexibility index (Phi) is 4.15. The van der Waals surface area contributed by atoms with Crippen LogP contribution in [0.2, 0.25) is 0 Å². The number of benzene rings is 3. The second kappa shape index (κ2) is 6.23. The first-order valence-electron chi connectivity index (χ1n) is 7.85. The van der Waals surface area contributed by atoms with Gasteiger partial charge in [0.05, 0.1) is 0 Å². The van der Waals surface area contributed by atoms with E-state index >= 15 is 0 Å². The fraction of sp³-hybridized carbons (Fsp3) is 0.143. The molecule has 3 rings (SSSR count). The lowest BCUT2D eigenvalue weighted by Crippen LogP contribution is -2.54. The Bertz CT molecular complexity index is 681. The van der Waals surface area contributed by atoms with Gasteiger partial charge in [0.15, 0.2) is 0 Å². The van der Waals surface area contributed by atoms with Gasteiger partial charge in [0, 0.05) is 0 Å². The highest BCUT2D eigenvalue weighted by Gasteiger charge is 2.25. The first kappa shape index (κ1) is 14.7. The molecule has 0 saturated carbocycles. The molecule has 3 aromatic carbocycles. The summed E-state index contributed by atoms with van der Waals surface area (Å²) < 4.78 is 0. The van der Waals surface area contributed by atoms with Crippen molar-refractivity contribution in [2.75, 3.05) is 0 Å². The van der Waals surface area contributed by atoms with E-state index in [-0.39, 0.29) is 0 Å². The molecule has 0 aliphatic heterocycles. The summed E-state index contributed by atoms with van der Waals surface area (Å²) in [7, 11) is 0. The molecule has 22 heavy (non-hydrogen) atoms. The van der Waals surface area contributed by atoms with Crippen LogP contribution in [0.25, 0.3) is 0 Å². The lowest BCUT2D eigenvalue weighted by atomic mass is 9.35. The highest BCUT2D eigenvalue weighted by Crippen LogP contribution is 2.05. The van der Waals surface area contributed by atoms with Crippen LogP contribution >= 0.6 is 0 Å². The molecule has 108 valence electrons. The van der Waals surface area contributed by atoms with Crippen LogP contribution in [0.4, 0.5) is 0 Å². The molecule has 0 amide bonds. The zero-order valence-electron chi connectivity index (χ0n) is 13.5. The molecule has 0 bridgehead atoms. The Labute approximate surface area is 133 Å². The van der Waals surface area contributed by atoms with Crippen LogP contribution in [0.5, 0.6) is 0 Å². The van der Waals surface area contributed by atoms with Gasteiger partial charge < -0.3 is 0 Å². The van der Waals surface area contributed by atoms with Gasteiger partial charge in [-0.2, -0.15) is 0 Å². The smallest absolute Gasteiger partial charge is 0.0667 e. The van der Waals surface area contributed by atoms with Crippen molar-refractivity contribution in [3.8, 4) is 0 Å². The average Bonchev–Trinajstić information content (AvgIpc) is 2.53. The van der Waals surface area contributed by atoms with Crippen molar-refractivity contribution in [1.29, 1.82) is 0 Å². The third-order valence-corrected chi connectivity index (χ3v) is 4.50. The van der Waals surface area contributed by atoms with E-state index in [2.05, 4.69) is 93.6 Å². The van der Waals surface area contributed by atoms with Crippen molar-refractivity contribution in [2.45, 2.75) is 20.8 Å². The first-order valence-corrected chi connectivity index (χ1v) is 7.85. The number of hydrogen-bond acceptors (Lipinski definition) is 0. The zero-order chi connectivity index (χ0) is 15.5. The molecular formula is C21H21B. The lowest BCUT2D eigenvalue weighted by Gasteiger charge is -2.21. The molecule has 0 aliphatic carbocycles. The molecule has 0 nitrogen and oxygen atoms in total. The maximum Gasteiger partial charge on any atom is 0.242 e. The first-order chi connectivity index (χ1) is 10.7. The van der Waals surface area contributed by atoms with Crippen molar-refractivity contribution in [3.05, 3.63) is 89.5 Å². The van der Waals surface area contributed by atoms with Gasteiger partial charge in [0.25, 0.3) is 0 Å². The molecular weight excluding hydrogens is 263 g/mol. The van der Waals surface area contributed by atoms with E-state index in [9.17, 15) is 0 Å². The minimum atomic E-state index is 0.295. The zero-order valence-corrected chi connectivity index (χ0v) is 13.5. The Morgan fingerprint density at radius 1 is 0.455 bits per heavy atom. The second-order valence-electron chi connectivity index (χ2n) is 6.00. The van der Waals surface area contributed by atoms with Gasteiger partial charge in [0.2, 0.25) is 6.71 Å². The normalized spacial score (nSPS) is 10.5. The van der Waals surface area contributed by atoms with Gasteiger partial charge in [-0.3, -0.25) is 0 Å². The van der Waals surface area contributed by atoms with E-state index in [1.165, 1.54) is 33.1 Å². The Morgan fingerprint density at radius 2 is 0.727 bits per heavy atom. The fourth-order valence-electron chi connectivity index (χ4n) is 3.23. The highest BCUT2D eigenvalue weighted by molar-refractivity contribution is 6.96. The van der Waals surface area contributed by atoms with Crippen LogP contribution < -0.4 is 16.4 Å². The maximum atomic E-state index is 2.26. The van der Waals surface area contributed by atoms with Crippen molar-refractivity contribution in [3.63, 3.8) is 0 Å². The monoisotopic (exact) mass is 284 g/mol. The maximum absolute atomic E-state index is 2.26. The molecule has 0 heterocycles. The number of hydrogen-bond donors (Lipinski definition) is 0. The van der Waals surface area contributed by atoms with Crippen LogP contribution in [0.3, 0.4) is 0 Å². The summed E-state index contributed by atoms with van der Waals surface area (Å²) >= 11 is 0. The topological polar surface area (TPSA) is 0 Å². The van der Waals surface area contributed by atoms with E-state index in [1.807, 2.05) is 0 Å². The molecule has 0 saturated heterocycles. The van der Waals surface area contributed by atoms with E-state index in [4.69, 9.17) is 0 Å². The molecule has 0 aliphatic rings. The van der Waals surface area contributed by atoms with Gasteiger partial charge in [-0.1, -0.05) is 106 Å². The molecule has 0 fully saturated rings. The Balaban J connectivity index is 2.27. The van der Waals surface area contributed by atoms with Crippen LogP contribution in [0.15, 0.2) is 72.8 Å². The molecule has 1 heteroatoms. The van der Waals surface area contributed by atoms with Gasteiger partial charge in [0.1, 0.15) is 0 Å². The molecule has 0 atom stereocenters. The highest BCUT2D eigenvalue weighted by atomic mass is 14.0. The van der Waals surface area contributed by atoms with E-state index < -0.39 is 0 Å². The van der Waals surface area contributed by atoms with Crippen LogP contribution in [-0.2, 0) is 0 Å². The van der Waals surface area contributed by atoms with Crippen molar-refractivity contribution in [1.82, 2.24) is 0 Å². The minimum absolute atomic E-state index is 0.295. The molecule has 0 radical (unpaired) electrons. The quantitative estimate of drug-likeness (QED) is 0.648. The van der Waals surface area contributed by atoms with Crippen LogP contribution in [0.1, 0.15) is 16.7 Å². The van der Waals surface area contributed by atoms with E-state index in [0.29, 0.717) is 6.71 Å². The Hall–Kier alpha value is -2.28. The Morgan fingerprint density at radius 3 is 1.00 bits per heavy atom. The van der Waals surface area contributed by atoms with Gasteiger partial charge in [-0.25, -0.2) is 0 Å². The standard InChI is InChI=1S/C21H21B/c1-16-10-4-7-13-19(16)22(20-14-8-5-11-17(20)2)21-15-9-6-12-18(21)3/h4-15H,1-3H3. The van der Waals surface area contributed by atoms with Crippen LogP contribution in [-0.4, -0.2) is 6.71 Å². The summed E-state index contributed by atoms with van der Waals surface area (Å²) in [5.74, 6) is 0. The molecule has 3 aromatic rings. The summed E-state index contributed by atoms with van der Waals surface area (Å²) in [4.78, 5) is 0. The second-order valence-corrected chi connectivity index (χ2v) is 6.00. The number of rotatable bonds is 3. The summed E-state index contributed by atoms with van der Waals surface area (Å²) in [6, 6.07) is 26.2. The van der Waals surface area contributed by atoms with Crippen molar-refractivity contribution in [2.24, 2.45) is 0 Å². The third kappa shape index (κ3) is 2.72. The molecule has 0 spiro atoms. The summed E-state index contributed by atoms with van der Waals surface area (Å²) in [5.41, 5.74) is 8.22. The fourth-order valence-corrected chi connectivity index (χ4v) is 3.23. The summed E-state index contributed by atoms with van der Waals surface area (Å²) in [6.45, 7) is 6.92. The summed E-state index contributed by atoms with van der Waals surface area (Å²) in [5, 5.41) is 0. The lowest BCUT2D eigenvalue weighted by molar-refractivity contribution is 1.47. The SMILES string of the molecule is Cc1ccccc1B(c1ccccc1C)c1ccccc1C. The van der Waals surface area contributed by atoms with Crippen LogP contribution in [0, 0.1) is 20.8 Å². The molecule has 0 N–H and O–H groups in total. The molecule has 0 aromatic heterocycles. The van der Waals surface area contributed by atoms with E-state index in [0.717, 1.165) is 0 Å². The van der Waals surface area contributed by atoms with Crippen molar-refractivity contribution >= 4 is 23.1 Å². The predicted octanol–water partition coefficient (Wildman–Crippen LogP) is 3.13. The summed E-state index contributed by atoms with van der Waals surface area (Å²) in [6.07, 6.45) is 0. The minimum Gasteiger partial charge on any atom is -0.0667 e. The van der Waals surface area contributed by atoms with Gasteiger partial charge in [-0.15, -0.1) is 0 Å². The average molecular weight is 284 g/mol. The third-order valence-electron chi connectivity index (χ3n) is 4.50. The predicted molar refractivity (Wildman–Crippen MR) is 98.2 cm³/mol. The van der Waals surface area contributed by atoms with Gasteiger partial charge >= 0.3 is 0 Å². The molecule has 0 unspecified atom stereocenters. The largest absolute Gasteiger partial charge is 0.242 e. The van der Waals surface area contributed by atoms with E-state index in [1.54, 1.807) is 0 Å². The van der Waals surface area contributed by atoms with Gasteiger partial charge in [-0.05, 0) is 20.8 Å².